The van der Waals surface area contributed by atoms with Crippen LogP contribution in [0.3, 0.4) is 0 Å². The first-order valence-electron chi connectivity index (χ1n) is 2.41. The van der Waals surface area contributed by atoms with Gasteiger partial charge in [0.2, 0.25) is 5.91 Å². The van der Waals surface area contributed by atoms with Crippen molar-refractivity contribution in [1.82, 2.24) is 8.85 Å². The predicted octanol–water partition coefficient (Wildman–Crippen LogP) is 0.0621. The van der Waals surface area contributed by atoms with Gasteiger partial charge in [-0.25, -0.2) is 0 Å². The van der Waals surface area contributed by atoms with Crippen LogP contribution in [0.1, 0.15) is 6.92 Å². The van der Waals surface area contributed by atoms with Crippen LogP contribution in [0.4, 0.5) is 0 Å². The molecular weight excluding hydrogens is 219 g/mol. The first-order chi connectivity index (χ1) is 3.81. The smallest absolute Gasteiger partial charge is 0.234 e. The number of carbonyl (C=O) groups excluding carboxylic acids is 1. The zero-order chi connectivity index (χ0) is 6.41. The molecule has 0 aromatic carbocycles. The van der Waals surface area contributed by atoms with E-state index >= 15 is 0 Å². The molecule has 0 spiro atoms. The number of hydrogen-bond acceptors (Lipinski definition) is 2. The molecule has 0 fully saturated rings. The van der Waals surface area contributed by atoms with Crippen LogP contribution in [0, 0.1) is 0 Å². The summed E-state index contributed by atoms with van der Waals surface area (Å²) in [6.45, 7) is 3.00. The molecule has 8 heavy (non-hydrogen) atoms. The fourth-order valence-electron chi connectivity index (χ4n) is 0.320. The molecular formula is C4H9IN2O. The molecule has 0 aromatic rings. The van der Waals surface area contributed by atoms with Gasteiger partial charge in [0.15, 0.2) is 0 Å². The fourth-order valence-corrected chi connectivity index (χ4v) is 0.667. The zero-order valence-electron chi connectivity index (χ0n) is 4.70. The maximum Gasteiger partial charge on any atom is 0.234 e. The van der Waals surface area contributed by atoms with Gasteiger partial charge in [-0.3, -0.25) is 8.32 Å². The monoisotopic (exact) mass is 228 g/mol. The topological polar surface area (TPSA) is 41.1 Å². The minimum atomic E-state index is 0.0434. The molecule has 0 unspecified atom stereocenters. The summed E-state index contributed by atoms with van der Waals surface area (Å²) in [4.78, 5) is 10.5. The lowest BCUT2D eigenvalue weighted by Gasteiger charge is -1.96. The van der Waals surface area contributed by atoms with Crippen LogP contribution < -0.4 is 8.85 Å². The van der Waals surface area contributed by atoms with Crippen molar-refractivity contribution in [2.45, 2.75) is 6.92 Å². The average Bonchev–Trinajstić information content (AvgIpc) is 1.68. The maximum absolute atomic E-state index is 10.5. The quantitative estimate of drug-likeness (QED) is 0.529. The van der Waals surface area contributed by atoms with Crippen LogP contribution in [0.5, 0.6) is 0 Å². The van der Waals surface area contributed by atoms with E-state index in [-0.39, 0.29) is 5.91 Å². The first-order valence-corrected chi connectivity index (χ1v) is 3.49. The molecule has 0 saturated carbocycles. The molecule has 0 rings (SSSR count). The molecule has 0 aliphatic heterocycles. The predicted molar refractivity (Wildman–Crippen MR) is 40.7 cm³/mol. The molecule has 0 atom stereocenters. The third kappa shape index (κ3) is 4.32. The molecule has 0 heterocycles. The van der Waals surface area contributed by atoms with Crippen molar-refractivity contribution >= 4 is 28.8 Å². The van der Waals surface area contributed by atoms with Gasteiger partial charge in [-0.1, -0.05) is 0 Å². The number of hydrogen-bond donors (Lipinski definition) is 2. The largest absolute Gasteiger partial charge is 0.355 e. The SMILES string of the molecule is CCNC(=O)CNI. The van der Waals surface area contributed by atoms with Gasteiger partial charge in [-0.15, -0.1) is 0 Å². The Morgan fingerprint density at radius 3 is 2.75 bits per heavy atom. The van der Waals surface area contributed by atoms with Crippen molar-refractivity contribution in [3.8, 4) is 0 Å². The normalized spacial score (nSPS) is 8.75. The van der Waals surface area contributed by atoms with Gasteiger partial charge in [0, 0.05) is 29.4 Å². The van der Waals surface area contributed by atoms with Crippen LogP contribution in [0.25, 0.3) is 0 Å². The summed E-state index contributed by atoms with van der Waals surface area (Å²) in [5.41, 5.74) is 0. The molecule has 1 amide bonds. The van der Waals surface area contributed by atoms with E-state index < -0.39 is 0 Å². The highest BCUT2D eigenvalue weighted by molar-refractivity contribution is 14.1. The fraction of sp³-hybridized carbons (Fsp3) is 0.750. The Labute approximate surface area is 62.7 Å². The van der Waals surface area contributed by atoms with Crippen LogP contribution in [-0.4, -0.2) is 19.0 Å². The second-order valence-electron chi connectivity index (χ2n) is 1.26. The van der Waals surface area contributed by atoms with Gasteiger partial charge < -0.3 is 5.32 Å². The van der Waals surface area contributed by atoms with Crippen molar-refractivity contribution in [2.24, 2.45) is 0 Å². The van der Waals surface area contributed by atoms with Gasteiger partial charge >= 0.3 is 0 Å². The lowest BCUT2D eigenvalue weighted by atomic mass is 10.6. The Kier molecular flexibility index (Phi) is 5.41. The molecule has 0 saturated heterocycles. The van der Waals surface area contributed by atoms with Gasteiger partial charge in [0.05, 0.1) is 6.54 Å². The molecule has 2 N–H and O–H groups in total. The number of carbonyl (C=O) groups is 1. The van der Waals surface area contributed by atoms with Crippen LogP contribution >= 0.6 is 22.9 Å². The van der Waals surface area contributed by atoms with Crippen molar-refractivity contribution in [3.63, 3.8) is 0 Å². The Hall–Kier alpha value is 0.160. The summed E-state index contributed by atoms with van der Waals surface area (Å²) in [7, 11) is 0. The third-order valence-corrected chi connectivity index (χ3v) is 0.983. The summed E-state index contributed by atoms with van der Waals surface area (Å²) in [5.74, 6) is 0.0434. The van der Waals surface area contributed by atoms with E-state index in [0.717, 1.165) is 0 Å². The van der Waals surface area contributed by atoms with Crippen molar-refractivity contribution in [2.75, 3.05) is 13.1 Å². The standard InChI is InChI=1S/C4H9IN2O/c1-2-6-4(8)3-7-5/h7H,2-3H2,1H3,(H,6,8). The Morgan fingerprint density at radius 1 is 1.75 bits per heavy atom. The highest BCUT2D eigenvalue weighted by Gasteiger charge is 1.92. The molecule has 0 aliphatic carbocycles. The van der Waals surface area contributed by atoms with Gasteiger partial charge in [0.1, 0.15) is 0 Å². The molecule has 48 valence electrons. The van der Waals surface area contributed by atoms with Gasteiger partial charge in [0.25, 0.3) is 0 Å². The summed E-state index contributed by atoms with van der Waals surface area (Å²) in [6.07, 6.45) is 0. The highest BCUT2D eigenvalue weighted by atomic mass is 127. The van der Waals surface area contributed by atoms with E-state index in [0.29, 0.717) is 13.1 Å². The number of amides is 1. The Balaban J connectivity index is 3.06. The Morgan fingerprint density at radius 2 is 2.38 bits per heavy atom. The second kappa shape index (κ2) is 5.30. The second-order valence-corrected chi connectivity index (χ2v) is 2.03. The van der Waals surface area contributed by atoms with Gasteiger partial charge in [-0.05, 0) is 6.92 Å². The van der Waals surface area contributed by atoms with Gasteiger partial charge in [-0.2, -0.15) is 0 Å². The maximum atomic E-state index is 10.5. The molecule has 0 radical (unpaired) electrons. The van der Waals surface area contributed by atoms with E-state index in [1.807, 2.05) is 29.8 Å². The summed E-state index contributed by atoms with van der Waals surface area (Å²) < 4.78 is 2.71. The number of likely N-dealkylation sites (N-methyl/N-ethyl adjacent to an activating group) is 1. The van der Waals surface area contributed by atoms with E-state index in [1.54, 1.807) is 0 Å². The molecule has 4 heteroatoms. The van der Waals surface area contributed by atoms with Crippen LogP contribution in [0.2, 0.25) is 0 Å². The number of rotatable bonds is 3. The van der Waals surface area contributed by atoms with E-state index in [9.17, 15) is 4.79 Å². The summed E-state index contributed by atoms with van der Waals surface area (Å²) in [5, 5.41) is 2.64. The molecule has 0 bridgehead atoms. The van der Waals surface area contributed by atoms with E-state index in [2.05, 4.69) is 8.85 Å². The lowest BCUT2D eigenvalue weighted by Crippen LogP contribution is -2.29. The van der Waals surface area contributed by atoms with Crippen molar-refractivity contribution in [3.05, 3.63) is 0 Å². The molecule has 0 aliphatic rings. The molecule has 0 aromatic heterocycles. The van der Waals surface area contributed by atoms with Crippen molar-refractivity contribution in [1.29, 1.82) is 0 Å². The van der Waals surface area contributed by atoms with Crippen molar-refractivity contribution < 1.29 is 4.79 Å². The van der Waals surface area contributed by atoms with E-state index in [1.165, 1.54) is 0 Å². The minimum Gasteiger partial charge on any atom is -0.355 e. The zero-order valence-corrected chi connectivity index (χ0v) is 6.86. The number of nitrogens with one attached hydrogen (secondary N) is 2. The number of halogens is 1. The minimum absolute atomic E-state index is 0.0434. The summed E-state index contributed by atoms with van der Waals surface area (Å²) >= 11 is 1.93. The molecule has 3 nitrogen and oxygen atoms in total. The van der Waals surface area contributed by atoms with Crippen LogP contribution in [0.15, 0.2) is 0 Å². The van der Waals surface area contributed by atoms with Crippen LogP contribution in [-0.2, 0) is 4.79 Å². The average molecular weight is 228 g/mol. The third-order valence-electron chi connectivity index (χ3n) is 0.601. The lowest BCUT2D eigenvalue weighted by molar-refractivity contribution is -0.119. The highest BCUT2D eigenvalue weighted by Crippen LogP contribution is 1.67. The van der Waals surface area contributed by atoms with E-state index in [4.69, 9.17) is 0 Å². The first kappa shape index (κ1) is 8.16. The Bertz CT molecular complexity index is 68.4. The summed E-state index contributed by atoms with van der Waals surface area (Å²) in [6, 6.07) is 0.